The van der Waals surface area contributed by atoms with Gasteiger partial charge in [0, 0.05) is 0 Å². The van der Waals surface area contributed by atoms with E-state index in [0.717, 1.165) is 0 Å². The Hall–Kier alpha value is -1.78. The number of aromatic carboxylic acids is 2. The van der Waals surface area contributed by atoms with E-state index in [4.69, 9.17) is 10.2 Å². The first kappa shape index (κ1) is 16.2. The first-order chi connectivity index (χ1) is 7.61. The molecule has 0 fully saturated rings. The molecule has 2 aromatic carbocycles. The Bertz CT molecular complexity index is 596. The SMILES string of the molecule is Cl.Cl.O=C(O)c1ccc2ccccc2c1C(=O)O. The second-order valence-corrected chi connectivity index (χ2v) is 3.32. The highest BCUT2D eigenvalue weighted by atomic mass is 35.5. The molecule has 96 valence electrons. The summed E-state index contributed by atoms with van der Waals surface area (Å²) in [4.78, 5) is 22.0. The molecule has 0 atom stereocenters. The van der Waals surface area contributed by atoms with Crippen LogP contribution in [0.4, 0.5) is 0 Å². The van der Waals surface area contributed by atoms with E-state index in [1.54, 1.807) is 30.3 Å². The predicted octanol–water partition coefficient (Wildman–Crippen LogP) is 3.08. The first-order valence-electron chi connectivity index (χ1n) is 4.59. The number of carboxylic acids is 2. The van der Waals surface area contributed by atoms with Crippen molar-refractivity contribution in [3.8, 4) is 0 Å². The van der Waals surface area contributed by atoms with Crippen LogP contribution in [0.25, 0.3) is 10.8 Å². The minimum atomic E-state index is -1.23. The molecule has 0 bridgehead atoms. The minimum absolute atomic E-state index is 0. The van der Waals surface area contributed by atoms with Crippen LogP contribution in [0.3, 0.4) is 0 Å². The van der Waals surface area contributed by atoms with Crippen LogP contribution in [0.2, 0.25) is 0 Å². The Morgan fingerprint density at radius 2 is 1.44 bits per heavy atom. The summed E-state index contributed by atoms with van der Waals surface area (Å²) in [6.45, 7) is 0. The second kappa shape index (κ2) is 6.23. The van der Waals surface area contributed by atoms with Gasteiger partial charge in [-0.15, -0.1) is 24.8 Å². The van der Waals surface area contributed by atoms with Gasteiger partial charge in [0.05, 0.1) is 11.1 Å². The maximum absolute atomic E-state index is 11.1. The average molecular weight is 289 g/mol. The van der Waals surface area contributed by atoms with Gasteiger partial charge in [-0.2, -0.15) is 0 Å². The largest absolute Gasteiger partial charge is 0.478 e. The molecule has 2 rings (SSSR count). The van der Waals surface area contributed by atoms with Crippen molar-refractivity contribution in [3.05, 3.63) is 47.5 Å². The second-order valence-electron chi connectivity index (χ2n) is 3.32. The molecule has 0 saturated heterocycles. The molecule has 0 radical (unpaired) electrons. The van der Waals surface area contributed by atoms with E-state index >= 15 is 0 Å². The summed E-state index contributed by atoms with van der Waals surface area (Å²) in [7, 11) is 0. The van der Waals surface area contributed by atoms with Crippen molar-refractivity contribution >= 4 is 47.5 Å². The van der Waals surface area contributed by atoms with Gasteiger partial charge in [-0.3, -0.25) is 0 Å². The van der Waals surface area contributed by atoms with Gasteiger partial charge in [-0.1, -0.05) is 30.3 Å². The maximum Gasteiger partial charge on any atom is 0.337 e. The first-order valence-corrected chi connectivity index (χ1v) is 4.59. The summed E-state index contributed by atoms with van der Waals surface area (Å²) >= 11 is 0. The van der Waals surface area contributed by atoms with E-state index < -0.39 is 11.9 Å². The van der Waals surface area contributed by atoms with Crippen molar-refractivity contribution in [1.82, 2.24) is 0 Å². The predicted molar refractivity (Wildman–Crippen MR) is 72.4 cm³/mol. The fourth-order valence-electron chi connectivity index (χ4n) is 1.68. The number of benzene rings is 2. The summed E-state index contributed by atoms with van der Waals surface area (Å²) in [6.07, 6.45) is 0. The Balaban J connectivity index is 0.00000144. The van der Waals surface area contributed by atoms with Gasteiger partial charge in [0.2, 0.25) is 0 Å². The molecule has 0 aliphatic carbocycles. The molecule has 4 nitrogen and oxygen atoms in total. The lowest BCUT2D eigenvalue weighted by atomic mass is 9.99. The third-order valence-corrected chi connectivity index (χ3v) is 2.37. The number of hydrogen-bond acceptors (Lipinski definition) is 2. The highest BCUT2D eigenvalue weighted by Gasteiger charge is 2.18. The lowest BCUT2D eigenvalue weighted by molar-refractivity contribution is 0.0653. The summed E-state index contributed by atoms with van der Waals surface area (Å²) in [5.74, 6) is -2.46. The van der Waals surface area contributed by atoms with Crippen LogP contribution in [0.1, 0.15) is 20.7 Å². The van der Waals surface area contributed by atoms with Gasteiger partial charge in [-0.05, 0) is 16.8 Å². The van der Waals surface area contributed by atoms with Crippen molar-refractivity contribution in [2.24, 2.45) is 0 Å². The van der Waals surface area contributed by atoms with Gasteiger partial charge in [0.25, 0.3) is 0 Å². The average Bonchev–Trinajstić information content (AvgIpc) is 2.27. The van der Waals surface area contributed by atoms with E-state index in [1.807, 2.05) is 0 Å². The molecule has 2 aromatic rings. The smallest absolute Gasteiger partial charge is 0.337 e. The minimum Gasteiger partial charge on any atom is -0.478 e. The molecule has 0 saturated carbocycles. The molecule has 0 spiro atoms. The van der Waals surface area contributed by atoms with E-state index in [0.29, 0.717) is 10.8 Å². The van der Waals surface area contributed by atoms with Gasteiger partial charge in [-0.25, -0.2) is 9.59 Å². The molecule has 2 N–H and O–H groups in total. The fraction of sp³-hybridized carbons (Fsp3) is 0. The number of carboxylic acid groups (broad SMARTS) is 2. The molecule has 0 heterocycles. The van der Waals surface area contributed by atoms with Gasteiger partial charge in [0.1, 0.15) is 0 Å². The molecular weight excluding hydrogens is 279 g/mol. The molecule has 0 aliphatic rings. The van der Waals surface area contributed by atoms with Crippen LogP contribution in [0.5, 0.6) is 0 Å². The van der Waals surface area contributed by atoms with E-state index in [2.05, 4.69) is 0 Å². The van der Waals surface area contributed by atoms with Crippen molar-refractivity contribution < 1.29 is 19.8 Å². The van der Waals surface area contributed by atoms with Gasteiger partial charge in [0.15, 0.2) is 0 Å². The molecule has 0 amide bonds. The van der Waals surface area contributed by atoms with Crippen molar-refractivity contribution in [1.29, 1.82) is 0 Å². The highest BCUT2D eigenvalue weighted by Crippen LogP contribution is 2.22. The zero-order valence-corrected chi connectivity index (χ0v) is 10.6. The van der Waals surface area contributed by atoms with E-state index in [1.165, 1.54) is 6.07 Å². The zero-order chi connectivity index (χ0) is 11.7. The molecule has 0 unspecified atom stereocenters. The third-order valence-electron chi connectivity index (χ3n) is 2.37. The quantitative estimate of drug-likeness (QED) is 0.891. The molecule has 0 aromatic heterocycles. The van der Waals surface area contributed by atoms with Crippen LogP contribution in [0.15, 0.2) is 36.4 Å². The number of carbonyl (C=O) groups is 2. The van der Waals surface area contributed by atoms with E-state index in [-0.39, 0.29) is 35.9 Å². The Labute approximate surface area is 115 Å². The summed E-state index contributed by atoms with van der Waals surface area (Å²) in [5.41, 5.74) is -0.350. The summed E-state index contributed by atoms with van der Waals surface area (Å²) in [5, 5.41) is 19.1. The van der Waals surface area contributed by atoms with Gasteiger partial charge >= 0.3 is 11.9 Å². The Kier molecular flexibility index (Phi) is 5.62. The third kappa shape index (κ3) is 2.72. The lowest BCUT2D eigenvalue weighted by Crippen LogP contribution is -2.08. The highest BCUT2D eigenvalue weighted by molar-refractivity contribution is 6.11. The fourth-order valence-corrected chi connectivity index (χ4v) is 1.68. The number of fused-ring (bicyclic) bond motifs is 1. The number of hydrogen-bond donors (Lipinski definition) is 2. The number of halogens is 2. The van der Waals surface area contributed by atoms with Crippen LogP contribution < -0.4 is 0 Å². The van der Waals surface area contributed by atoms with E-state index in [9.17, 15) is 9.59 Å². The lowest BCUT2D eigenvalue weighted by Gasteiger charge is -2.05. The number of rotatable bonds is 2. The zero-order valence-electron chi connectivity index (χ0n) is 8.99. The monoisotopic (exact) mass is 288 g/mol. The Morgan fingerprint density at radius 1 is 0.833 bits per heavy atom. The maximum atomic E-state index is 11.1. The standard InChI is InChI=1S/C12H8O4.2ClH/c13-11(14)9-6-5-7-3-1-2-4-8(7)10(9)12(15)16;;/h1-6H,(H,13,14)(H,15,16);2*1H. The van der Waals surface area contributed by atoms with Crippen LogP contribution in [-0.2, 0) is 0 Å². The normalized spacial score (nSPS) is 9.11. The van der Waals surface area contributed by atoms with Crippen LogP contribution >= 0.6 is 24.8 Å². The molecule has 0 aliphatic heterocycles. The summed E-state index contributed by atoms with van der Waals surface area (Å²) < 4.78 is 0. The van der Waals surface area contributed by atoms with Crippen molar-refractivity contribution in [2.75, 3.05) is 0 Å². The van der Waals surface area contributed by atoms with Crippen LogP contribution in [-0.4, -0.2) is 22.2 Å². The van der Waals surface area contributed by atoms with Gasteiger partial charge < -0.3 is 10.2 Å². The molecule has 18 heavy (non-hydrogen) atoms. The summed E-state index contributed by atoms with van der Waals surface area (Å²) in [6, 6.07) is 9.72. The molecule has 6 heteroatoms. The van der Waals surface area contributed by atoms with Crippen molar-refractivity contribution in [3.63, 3.8) is 0 Å². The topological polar surface area (TPSA) is 74.6 Å². The van der Waals surface area contributed by atoms with Crippen molar-refractivity contribution in [2.45, 2.75) is 0 Å². The van der Waals surface area contributed by atoms with Crippen LogP contribution in [0, 0.1) is 0 Å². The molecular formula is C12H10Cl2O4. The Morgan fingerprint density at radius 3 is 2.00 bits per heavy atom.